The molecule has 4 rings (SSSR count). The predicted molar refractivity (Wildman–Crippen MR) is 101 cm³/mol. The van der Waals surface area contributed by atoms with Crippen LogP contribution in [0.25, 0.3) is 11.5 Å². The molecule has 0 saturated heterocycles. The Kier molecular flexibility index (Phi) is 5.14. The highest BCUT2D eigenvalue weighted by Gasteiger charge is 2.21. The van der Waals surface area contributed by atoms with E-state index in [1.807, 2.05) is 0 Å². The van der Waals surface area contributed by atoms with Crippen molar-refractivity contribution in [1.82, 2.24) is 24.5 Å². The van der Waals surface area contributed by atoms with Crippen molar-refractivity contribution in [2.75, 3.05) is 12.4 Å². The smallest absolute Gasteiger partial charge is 0.262 e. The number of carbonyl (C=O) groups is 1. The Morgan fingerprint density at radius 1 is 1.17 bits per heavy atom. The molecule has 8 nitrogen and oxygen atoms in total. The van der Waals surface area contributed by atoms with Gasteiger partial charge in [-0.2, -0.15) is 5.10 Å². The minimum atomic E-state index is -0.750. The second-order valence-electron chi connectivity index (χ2n) is 5.90. The molecule has 0 atom stereocenters. The molecule has 0 radical (unpaired) electrons. The minimum Gasteiger partial charge on any atom is -0.377 e. The number of amides is 1. The van der Waals surface area contributed by atoms with Crippen LogP contribution in [0.3, 0.4) is 0 Å². The molecule has 1 amide bonds. The zero-order valence-electron chi connectivity index (χ0n) is 15.0. The number of nitrogens with zero attached hydrogens (tertiary/aromatic N) is 5. The van der Waals surface area contributed by atoms with E-state index in [0.29, 0.717) is 16.0 Å². The van der Waals surface area contributed by atoms with Crippen molar-refractivity contribution in [3.05, 3.63) is 71.1 Å². The molecule has 0 saturated carbocycles. The minimum absolute atomic E-state index is 0.142. The van der Waals surface area contributed by atoms with Crippen LogP contribution >= 0.6 is 11.3 Å². The average molecular weight is 416 g/mol. The molecule has 11 heteroatoms. The molecule has 1 aromatic carbocycles. The van der Waals surface area contributed by atoms with E-state index in [9.17, 15) is 13.6 Å². The van der Waals surface area contributed by atoms with E-state index in [0.717, 1.165) is 18.2 Å². The average Bonchev–Trinajstić information content (AvgIpc) is 3.41. The molecule has 1 N–H and O–H groups in total. The van der Waals surface area contributed by atoms with E-state index in [1.54, 1.807) is 29.1 Å². The molecule has 3 aromatic heterocycles. The van der Waals surface area contributed by atoms with Crippen LogP contribution in [0.5, 0.6) is 0 Å². The Hall–Kier alpha value is -3.44. The number of rotatable bonds is 6. The molecule has 4 aromatic rings. The number of carbonyl (C=O) groups excluding carboxylic acids is 1. The number of aromatic nitrogens is 5. The molecule has 0 aliphatic heterocycles. The number of benzene rings is 1. The number of nitrogens with one attached hydrogen (secondary N) is 1. The SMILES string of the molecule is COCc1nnc(NC(=O)c2cnn(-c3cc(F)cc(F)c3)c2-n2cccc2)s1. The molecule has 0 bridgehead atoms. The normalized spacial score (nSPS) is 11.0. The summed E-state index contributed by atoms with van der Waals surface area (Å²) in [5, 5.41) is 15.6. The third kappa shape index (κ3) is 3.91. The Morgan fingerprint density at radius 2 is 1.90 bits per heavy atom. The summed E-state index contributed by atoms with van der Waals surface area (Å²) in [5.41, 5.74) is 0.331. The molecule has 148 valence electrons. The predicted octanol–water partition coefficient (Wildman–Crippen LogP) is 3.19. The Balaban J connectivity index is 1.73. The lowest BCUT2D eigenvalue weighted by atomic mass is 10.2. The largest absolute Gasteiger partial charge is 0.377 e. The van der Waals surface area contributed by atoms with Gasteiger partial charge in [-0.25, -0.2) is 13.5 Å². The summed E-state index contributed by atoms with van der Waals surface area (Å²) in [6, 6.07) is 6.54. The van der Waals surface area contributed by atoms with Crippen LogP contribution in [0.2, 0.25) is 0 Å². The molecule has 0 aliphatic carbocycles. The van der Waals surface area contributed by atoms with Crippen molar-refractivity contribution < 1.29 is 18.3 Å². The topological polar surface area (TPSA) is 86.9 Å². The van der Waals surface area contributed by atoms with E-state index in [4.69, 9.17) is 4.74 Å². The molecule has 0 aliphatic rings. The van der Waals surface area contributed by atoms with Crippen molar-refractivity contribution in [2.24, 2.45) is 0 Å². The van der Waals surface area contributed by atoms with Crippen molar-refractivity contribution in [1.29, 1.82) is 0 Å². The standard InChI is InChI=1S/C18H14F2N6O2S/c1-28-10-15-23-24-18(29-15)22-16(27)14-9-21-26(17(14)25-4-2-3-5-25)13-7-11(19)6-12(20)8-13/h2-9H,10H2,1H3,(H,22,24,27). The maximum absolute atomic E-state index is 13.7. The van der Waals surface area contributed by atoms with E-state index in [1.165, 1.54) is 29.3 Å². The van der Waals surface area contributed by atoms with Crippen LogP contribution in [0.15, 0.2) is 48.9 Å². The van der Waals surface area contributed by atoms with Crippen molar-refractivity contribution in [3.63, 3.8) is 0 Å². The van der Waals surface area contributed by atoms with E-state index >= 15 is 0 Å². The van der Waals surface area contributed by atoms with Crippen LogP contribution in [0.4, 0.5) is 13.9 Å². The Morgan fingerprint density at radius 3 is 2.59 bits per heavy atom. The monoisotopic (exact) mass is 416 g/mol. The number of methoxy groups -OCH3 is 1. The van der Waals surface area contributed by atoms with Crippen molar-refractivity contribution in [2.45, 2.75) is 6.61 Å². The lowest BCUT2D eigenvalue weighted by Gasteiger charge is -2.11. The van der Waals surface area contributed by atoms with Crippen LogP contribution < -0.4 is 5.32 Å². The van der Waals surface area contributed by atoms with Crippen LogP contribution in [-0.4, -0.2) is 37.6 Å². The van der Waals surface area contributed by atoms with Gasteiger partial charge in [0.25, 0.3) is 5.91 Å². The quantitative estimate of drug-likeness (QED) is 0.522. The number of anilines is 1. The number of hydrogen-bond acceptors (Lipinski definition) is 6. The first-order valence-electron chi connectivity index (χ1n) is 8.35. The molecule has 3 heterocycles. The summed E-state index contributed by atoms with van der Waals surface area (Å²) in [7, 11) is 1.53. The number of hydrogen-bond donors (Lipinski definition) is 1. The summed E-state index contributed by atoms with van der Waals surface area (Å²) in [6.07, 6.45) is 4.72. The highest BCUT2D eigenvalue weighted by molar-refractivity contribution is 7.15. The van der Waals surface area contributed by atoms with E-state index in [2.05, 4.69) is 20.6 Å². The maximum atomic E-state index is 13.7. The van der Waals surface area contributed by atoms with Gasteiger partial charge in [-0.05, 0) is 24.3 Å². The zero-order valence-corrected chi connectivity index (χ0v) is 15.9. The summed E-state index contributed by atoms with van der Waals surface area (Å²) in [5.74, 6) is -1.67. The first-order valence-corrected chi connectivity index (χ1v) is 9.17. The molecular formula is C18H14F2N6O2S. The summed E-state index contributed by atoms with van der Waals surface area (Å²) in [4.78, 5) is 12.9. The number of halogens is 2. The zero-order chi connectivity index (χ0) is 20.4. The van der Waals surface area contributed by atoms with E-state index < -0.39 is 17.5 Å². The molecular weight excluding hydrogens is 402 g/mol. The van der Waals surface area contributed by atoms with Crippen LogP contribution in [-0.2, 0) is 11.3 Å². The third-order valence-corrected chi connectivity index (χ3v) is 4.70. The van der Waals surface area contributed by atoms with Gasteiger partial charge in [0.15, 0.2) is 5.82 Å². The first kappa shape index (κ1) is 18.9. The van der Waals surface area contributed by atoms with E-state index in [-0.39, 0.29) is 17.9 Å². The van der Waals surface area contributed by atoms with Gasteiger partial charge in [-0.1, -0.05) is 11.3 Å². The fraction of sp³-hybridized carbons (Fsp3) is 0.111. The lowest BCUT2D eigenvalue weighted by molar-refractivity contribution is 0.102. The van der Waals surface area contributed by atoms with Gasteiger partial charge in [0.1, 0.15) is 28.8 Å². The third-order valence-electron chi connectivity index (χ3n) is 3.88. The first-order chi connectivity index (χ1) is 14.0. The van der Waals surface area contributed by atoms with Crippen molar-refractivity contribution in [3.8, 4) is 11.5 Å². The molecule has 0 fully saturated rings. The second-order valence-corrected chi connectivity index (χ2v) is 6.96. The Labute approximate surface area is 167 Å². The van der Waals surface area contributed by atoms with Gasteiger partial charge in [-0.3, -0.25) is 10.1 Å². The molecule has 0 unspecified atom stereocenters. The molecule has 0 spiro atoms. The Bertz CT molecular complexity index is 1140. The highest BCUT2D eigenvalue weighted by Crippen LogP contribution is 2.23. The van der Waals surface area contributed by atoms with Gasteiger partial charge in [-0.15, -0.1) is 10.2 Å². The fourth-order valence-corrected chi connectivity index (χ4v) is 3.43. The number of ether oxygens (including phenoxy) is 1. The van der Waals surface area contributed by atoms with Gasteiger partial charge >= 0.3 is 0 Å². The van der Waals surface area contributed by atoms with Crippen molar-refractivity contribution >= 4 is 22.4 Å². The summed E-state index contributed by atoms with van der Waals surface area (Å²) < 4.78 is 35.3. The van der Waals surface area contributed by atoms with Gasteiger partial charge in [0.05, 0.1) is 11.9 Å². The fourth-order valence-electron chi connectivity index (χ4n) is 2.73. The summed E-state index contributed by atoms with van der Waals surface area (Å²) in [6.45, 7) is 0.283. The van der Waals surface area contributed by atoms with Gasteiger partial charge in [0, 0.05) is 25.6 Å². The van der Waals surface area contributed by atoms with Gasteiger partial charge < -0.3 is 9.30 Å². The van der Waals surface area contributed by atoms with Crippen LogP contribution in [0, 0.1) is 11.6 Å². The van der Waals surface area contributed by atoms with Crippen LogP contribution in [0.1, 0.15) is 15.4 Å². The lowest BCUT2D eigenvalue weighted by Crippen LogP contribution is -2.15. The molecule has 29 heavy (non-hydrogen) atoms. The van der Waals surface area contributed by atoms with Gasteiger partial charge in [0.2, 0.25) is 5.13 Å². The second kappa shape index (κ2) is 7.89. The maximum Gasteiger partial charge on any atom is 0.262 e. The highest BCUT2D eigenvalue weighted by atomic mass is 32.1. The summed E-state index contributed by atoms with van der Waals surface area (Å²) >= 11 is 1.18.